The number of aromatic nitrogens is 1. The molecule has 3 aromatic carbocycles. The Kier molecular flexibility index (Phi) is 8.97. The number of amides is 1. The van der Waals surface area contributed by atoms with Gasteiger partial charge in [0.15, 0.2) is 0 Å². The smallest absolute Gasteiger partial charge is 0.261 e. The number of nitrogens with one attached hydrogen (secondary N) is 3. The molecule has 200 valence electrons. The molecule has 39 heavy (non-hydrogen) atoms. The average Bonchev–Trinajstić information content (AvgIpc) is 2.93. The van der Waals surface area contributed by atoms with E-state index in [1.54, 1.807) is 60.2 Å². The van der Waals surface area contributed by atoms with Crippen LogP contribution in [0.25, 0.3) is 17.3 Å². The summed E-state index contributed by atoms with van der Waals surface area (Å²) in [4.78, 5) is 17.1. The molecule has 0 spiro atoms. The van der Waals surface area contributed by atoms with E-state index < -0.39 is 22.2 Å². The molecule has 9 nitrogen and oxygen atoms in total. The third kappa shape index (κ3) is 7.21. The van der Waals surface area contributed by atoms with E-state index in [0.717, 1.165) is 0 Å². The maximum Gasteiger partial charge on any atom is 0.261 e. The summed E-state index contributed by atoms with van der Waals surface area (Å²) in [5.74, 6) is -0.537. The third-order valence-electron chi connectivity index (χ3n) is 5.40. The van der Waals surface area contributed by atoms with E-state index in [0.29, 0.717) is 27.5 Å². The van der Waals surface area contributed by atoms with Crippen molar-refractivity contribution in [2.45, 2.75) is 11.1 Å². The van der Waals surface area contributed by atoms with Gasteiger partial charge in [0.1, 0.15) is 6.23 Å². The number of benzene rings is 3. The topological polar surface area (TPSA) is 141 Å². The predicted octanol–water partition coefficient (Wildman–Crippen LogP) is 5.42. The van der Waals surface area contributed by atoms with Gasteiger partial charge in [-0.15, -0.1) is 0 Å². The second kappa shape index (κ2) is 12.4. The number of anilines is 2. The molecule has 12 heteroatoms. The Labute approximate surface area is 234 Å². The third-order valence-corrected chi connectivity index (χ3v) is 7.42. The number of carbonyl (C=O) groups is 1. The first-order valence-corrected chi connectivity index (χ1v) is 13.6. The lowest BCUT2D eigenvalue weighted by Gasteiger charge is -2.12. The van der Waals surface area contributed by atoms with Crippen LogP contribution in [-0.4, -0.2) is 35.9 Å². The first-order valence-electron chi connectivity index (χ1n) is 11.4. The van der Waals surface area contributed by atoms with Crippen LogP contribution in [0, 0.1) is 0 Å². The first kappa shape index (κ1) is 28.2. The largest absolute Gasteiger partial charge is 0.373 e. The zero-order valence-electron chi connectivity index (χ0n) is 20.0. The summed E-state index contributed by atoms with van der Waals surface area (Å²) in [7, 11) is -4.04. The number of halogens is 2. The summed E-state index contributed by atoms with van der Waals surface area (Å²) >= 11 is 12.6. The van der Waals surface area contributed by atoms with Gasteiger partial charge in [0.25, 0.3) is 15.9 Å². The second-order valence-corrected chi connectivity index (χ2v) is 10.7. The van der Waals surface area contributed by atoms with Crippen LogP contribution in [0.3, 0.4) is 0 Å². The van der Waals surface area contributed by atoms with Crippen molar-refractivity contribution in [3.63, 3.8) is 0 Å². The van der Waals surface area contributed by atoms with Crippen LogP contribution in [0.15, 0.2) is 96.0 Å². The Morgan fingerprint density at radius 3 is 2.46 bits per heavy atom. The van der Waals surface area contributed by atoms with E-state index in [-0.39, 0.29) is 21.2 Å². The molecule has 0 fully saturated rings. The summed E-state index contributed by atoms with van der Waals surface area (Å²) in [5, 5.41) is 21.2. The highest BCUT2D eigenvalue weighted by atomic mass is 35.5. The highest BCUT2D eigenvalue weighted by molar-refractivity contribution is 7.92. The lowest BCUT2D eigenvalue weighted by Crippen LogP contribution is -2.21. The molecule has 1 unspecified atom stereocenters. The summed E-state index contributed by atoms with van der Waals surface area (Å²) in [6.45, 7) is 0. The Balaban J connectivity index is 1.50. The van der Waals surface area contributed by atoms with Crippen LogP contribution >= 0.6 is 23.2 Å². The Morgan fingerprint density at radius 2 is 1.74 bits per heavy atom. The molecule has 0 aliphatic carbocycles. The number of hydrogen-bond donors (Lipinski definition) is 5. The van der Waals surface area contributed by atoms with Gasteiger partial charge >= 0.3 is 0 Å². The summed E-state index contributed by atoms with van der Waals surface area (Å²) in [5.41, 5.74) is 4.29. The maximum absolute atomic E-state index is 13.0. The van der Waals surface area contributed by atoms with Crippen molar-refractivity contribution in [1.82, 2.24) is 10.5 Å². The van der Waals surface area contributed by atoms with Gasteiger partial charge in [-0.25, -0.2) is 8.42 Å². The Hall–Kier alpha value is -3.77. The van der Waals surface area contributed by atoms with Crippen molar-refractivity contribution in [1.29, 1.82) is 0 Å². The molecule has 0 bridgehead atoms. The zero-order chi connectivity index (χ0) is 28.0. The van der Waals surface area contributed by atoms with Gasteiger partial charge in [0, 0.05) is 23.1 Å². The molecule has 1 atom stereocenters. The van der Waals surface area contributed by atoms with Crippen LogP contribution in [-0.2, 0) is 10.0 Å². The SMILES string of the molecule is O=C(Nc1ccc(Cl)c(-c2ccccn2)c1)c1ccc(S(=O)(=O)Nc2cccc(/C=C/C(O)NO)c2)cc1Cl. The number of pyridine rings is 1. The van der Waals surface area contributed by atoms with Crippen LogP contribution < -0.4 is 15.5 Å². The minimum atomic E-state index is -4.04. The standard InChI is InChI=1S/C27H22Cl2N4O5S/c28-23-11-8-18(15-22(23)25-6-1-2-13-30-25)31-27(35)21-10-9-20(16-24(21)29)39(37,38)33-19-5-3-4-17(14-19)7-12-26(34)32-36/h1-16,26,32-34,36H,(H,31,35)/b12-7+. The second-order valence-electron chi connectivity index (χ2n) is 8.17. The van der Waals surface area contributed by atoms with Gasteiger partial charge in [-0.1, -0.05) is 47.5 Å². The van der Waals surface area contributed by atoms with Crippen molar-refractivity contribution in [2.24, 2.45) is 0 Å². The van der Waals surface area contributed by atoms with Gasteiger partial charge in [-0.2, -0.15) is 5.48 Å². The van der Waals surface area contributed by atoms with E-state index >= 15 is 0 Å². The molecule has 1 heterocycles. The van der Waals surface area contributed by atoms with Gasteiger partial charge in [-0.05, 0) is 72.3 Å². The summed E-state index contributed by atoms with van der Waals surface area (Å²) in [6, 6.07) is 20.5. The fourth-order valence-electron chi connectivity index (χ4n) is 3.53. The van der Waals surface area contributed by atoms with E-state index in [9.17, 15) is 18.3 Å². The maximum atomic E-state index is 13.0. The number of aliphatic hydroxyl groups excluding tert-OH is 1. The zero-order valence-corrected chi connectivity index (χ0v) is 22.4. The molecule has 1 amide bonds. The van der Waals surface area contributed by atoms with Crippen LogP contribution in [0.1, 0.15) is 15.9 Å². The van der Waals surface area contributed by atoms with Crippen LogP contribution in [0.5, 0.6) is 0 Å². The van der Waals surface area contributed by atoms with Crippen molar-refractivity contribution >= 4 is 56.6 Å². The highest BCUT2D eigenvalue weighted by Gasteiger charge is 2.19. The van der Waals surface area contributed by atoms with E-state index in [4.69, 9.17) is 28.4 Å². The molecule has 0 saturated heterocycles. The Bertz CT molecular complexity index is 1630. The fraction of sp³-hybridized carbons (Fsp3) is 0.0370. The van der Waals surface area contributed by atoms with Crippen molar-refractivity contribution in [2.75, 3.05) is 10.0 Å². The molecular formula is C27H22Cl2N4O5S. The van der Waals surface area contributed by atoms with Crippen LogP contribution in [0.4, 0.5) is 11.4 Å². The average molecular weight is 585 g/mol. The van der Waals surface area contributed by atoms with Gasteiger partial charge in [0.05, 0.1) is 26.2 Å². The van der Waals surface area contributed by atoms with E-state index in [1.165, 1.54) is 36.4 Å². The molecule has 0 radical (unpaired) electrons. The molecule has 5 N–H and O–H groups in total. The number of aliphatic hydroxyl groups is 1. The van der Waals surface area contributed by atoms with Crippen molar-refractivity contribution in [3.8, 4) is 11.3 Å². The number of hydrogen-bond acceptors (Lipinski definition) is 7. The van der Waals surface area contributed by atoms with Gasteiger partial charge in [-0.3, -0.25) is 14.5 Å². The predicted molar refractivity (Wildman–Crippen MR) is 151 cm³/mol. The first-order chi connectivity index (χ1) is 18.7. The molecule has 0 saturated carbocycles. The molecule has 4 rings (SSSR count). The van der Waals surface area contributed by atoms with Crippen LogP contribution in [0.2, 0.25) is 10.0 Å². The monoisotopic (exact) mass is 584 g/mol. The number of carbonyl (C=O) groups excluding carboxylic acids is 1. The van der Waals surface area contributed by atoms with E-state index in [1.807, 2.05) is 6.07 Å². The number of sulfonamides is 1. The van der Waals surface area contributed by atoms with Gasteiger partial charge < -0.3 is 15.6 Å². The minimum Gasteiger partial charge on any atom is -0.373 e. The summed E-state index contributed by atoms with van der Waals surface area (Å²) in [6.07, 6.45) is 3.14. The highest BCUT2D eigenvalue weighted by Crippen LogP contribution is 2.30. The molecule has 0 aliphatic rings. The quantitative estimate of drug-likeness (QED) is 0.131. The lowest BCUT2D eigenvalue weighted by molar-refractivity contribution is 0.0323. The number of hydroxylamine groups is 1. The van der Waals surface area contributed by atoms with E-state index in [2.05, 4.69) is 15.0 Å². The molecule has 1 aromatic heterocycles. The number of nitrogens with zero attached hydrogens (tertiary/aromatic N) is 1. The minimum absolute atomic E-state index is 0.0588. The molecule has 0 aliphatic heterocycles. The van der Waals surface area contributed by atoms with Crippen molar-refractivity contribution in [3.05, 3.63) is 112 Å². The normalized spacial score (nSPS) is 12.3. The van der Waals surface area contributed by atoms with Crippen molar-refractivity contribution < 1.29 is 23.5 Å². The fourth-order valence-corrected chi connectivity index (χ4v) is 5.15. The molecule has 4 aromatic rings. The Morgan fingerprint density at radius 1 is 0.923 bits per heavy atom. The molecular weight excluding hydrogens is 563 g/mol. The lowest BCUT2D eigenvalue weighted by atomic mass is 10.1. The summed E-state index contributed by atoms with van der Waals surface area (Å²) < 4.78 is 28.4. The number of rotatable bonds is 9. The van der Waals surface area contributed by atoms with Gasteiger partial charge in [0.2, 0.25) is 0 Å².